The number of ether oxygens (including phenoxy) is 2. The van der Waals surface area contributed by atoms with Crippen LogP contribution in [0.5, 0.6) is 5.75 Å². The molecule has 0 unspecified atom stereocenters. The smallest absolute Gasteiger partial charge is 0.407 e. The molecule has 4 N–H and O–H groups in total. The fraction of sp³-hybridized carbons (Fsp3) is 0.391. The second-order valence-corrected chi connectivity index (χ2v) is 8.32. The van der Waals surface area contributed by atoms with E-state index in [0.29, 0.717) is 32.0 Å². The van der Waals surface area contributed by atoms with E-state index >= 15 is 0 Å². The first kappa shape index (κ1) is 22.4. The van der Waals surface area contributed by atoms with Crippen molar-refractivity contribution in [3.8, 4) is 5.75 Å². The maximum Gasteiger partial charge on any atom is 0.407 e. The van der Waals surface area contributed by atoms with Crippen molar-refractivity contribution in [2.75, 3.05) is 25.9 Å². The van der Waals surface area contributed by atoms with Crippen LogP contribution in [0.15, 0.2) is 42.5 Å². The largest absolute Gasteiger partial charge is 0.496 e. The van der Waals surface area contributed by atoms with Gasteiger partial charge in [-0.05, 0) is 44.0 Å². The van der Waals surface area contributed by atoms with E-state index < -0.39 is 11.7 Å². The highest BCUT2D eigenvalue weighted by molar-refractivity contribution is 5.94. The van der Waals surface area contributed by atoms with Crippen molar-refractivity contribution in [1.82, 2.24) is 20.4 Å². The molecule has 0 aliphatic carbocycles. The number of nitrogen functional groups attached to an aromatic ring is 1. The number of methoxy groups -OCH3 is 1. The fourth-order valence-corrected chi connectivity index (χ4v) is 3.33. The van der Waals surface area contributed by atoms with Crippen molar-refractivity contribution in [2.24, 2.45) is 0 Å². The molecule has 1 aromatic heterocycles. The van der Waals surface area contributed by atoms with Crippen LogP contribution in [0.1, 0.15) is 31.9 Å². The van der Waals surface area contributed by atoms with Crippen molar-refractivity contribution in [3.05, 3.63) is 53.6 Å². The minimum Gasteiger partial charge on any atom is -0.496 e. The Balaban J connectivity index is 1.56. The molecule has 0 bridgehead atoms. The third-order valence-electron chi connectivity index (χ3n) is 4.61. The average Bonchev–Trinajstić information content (AvgIpc) is 3.02. The van der Waals surface area contributed by atoms with E-state index in [1.165, 1.54) is 0 Å². The van der Waals surface area contributed by atoms with Crippen molar-refractivity contribution >= 4 is 22.8 Å². The Hall–Kier alpha value is -3.26. The second-order valence-electron chi connectivity index (χ2n) is 8.32. The summed E-state index contributed by atoms with van der Waals surface area (Å²) in [6.07, 6.45) is -0.404. The van der Waals surface area contributed by atoms with Crippen LogP contribution in [-0.4, -0.2) is 41.7 Å². The third-order valence-corrected chi connectivity index (χ3v) is 4.61. The van der Waals surface area contributed by atoms with Crippen molar-refractivity contribution < 1.29 is 14.3 Å². The first-order valence-electron chi connectivity index (χ1n) is 10.3. The van der Waals surface area contributed by atoms with E-state index in [0.717, 1.165) is 27.8 Å². The van der Waals surface area contributed by atoms with Crippen LogP contribution in [0, 0.1) is 0 Å². The summed E-state index contributed by atoms with van der Waals surface area (Å²) >= 11 is 0. The number of fused-ring (bicyclic) bond motifs is 1. The lowest BCUT2D eigenvalue weighted by molar-refractivity contribution is 0.0528. The molecular formula is C23H31N5O3. The number of hydrogen-bond acceptors (Lipinski definition) is 6. The molecule has 8 nitrogen and oxygen atoms in total. The van der Waals surface area contributed by atoms with E-state index in [1.807, 2.05) is 49.7 Å². The Labute approximate surface area is 182 Å². The van der Waals surface area contributed by atoms with Gasteiger partial charge in [-0.3, -0.25) is 4.68 Å². The molecule has 3 aromatic rings. The molecule has 0 saturated heterocycles. The van der Waals surface area contributed by atoms with Gasteiger partial charge in [0.2, 0.25) is 0 Å². The Morgan fingerprint density at radius 2 is 1.87 bits per heavy atom. The van der Waals surface area contributed by atoms with Crippen LogP contribution >= 0.6 is 0 Å². The van der Waals surface area contributed by atoms with Crippen molar-refractivity contribution in [3.63, 3.8) is 0 Å². The number of aromatic nitrogens is 2. The molecule has 0 atom stereocenters. The van der Waals surface area contributed by atoms with E-state index in [9.17, 15) is 4.79 Å². The zero-order chi connectivity index (χ0) is 22.4. The predicted molar refractivity (Wildman–Crippen MR) is 122 cm³/mol. The molecule has 2 aromatic carbocycles. The highest BCUT2D eigenvalue weighted by atomic mass is 16.6. The Kier molecular flexibility index (Phi) is 7.02. The lowest BCUT2D eigenvalue weighted by Gasteiger charge is -2.19. The van der Waals surface area contributed by atoms with Gasteiger partial charge >= 0.3 is 6.09 Å². The number of rotatable bonds is 8. The predicted octanol–water partition coefficient (Wildman–Crippen LogP) is 3.29. The average molecular weight is 426 g/mol. The number of carbonyl (C=O) groups is 1. The number of nitrogens with zero attached hydrogens (tertiary/aromatic N) is 2. The number of carbonyl (C=O) groups excluding carboxylic acids is 1. The van der Waals surface area contributed by atoms with Gasteiger partial charge < -0.3 is 25.8 Å². The fourth-order valence-electron chi connectivity index (χ4n) is 3.33. The number of hydrogen-bond donors (Lipinski definition) is 3. The lowest BCUT2D eigenvalue weighted by atomic mass is 10.1. The second kappa shape index (κ2) is 9.70. The minimum absolute atomic E-state index is 0.404. The summed E-state index contributed by atoms with van der Waals surface area (Å²) in [5.74, 6) is 1.18. The summed E-state index contributed by atoms with van der Waals surface area (Å²) in [5, 5.41) is 11.4. The molecule has 8 heteroatoms. The Morgan fingerprint density at radius 1 is 1.13 bits per heavy atom. The number of anilines is 1. The summed E-state index contributed by atoms with van der Waals surface area (Å²) in [5.41, 5.74) is 8.84. The molecule has 0 saturated carbocycles. The zero-order valence-corrected chi connectivity index (χ0v) is 18.6. The standard InChI is InChI=1S/C23H31N5O3/c1-23(2,3)31-22(29)26-12-11-25-14-16-7-5-8-17(13-16)15-28-18-9-6-10-19(30-4)20(18)21(24)27-28/h5-10,13,25H,11-12,14-15H2,1-4H3,(H2,24,27)(H,26,29). The van der Waals surface area contributed by atoms with Crippen LogP contribution < -0.4 is 21.1 Å². The van der Waals surface area contributed by atoms with Gasteiger partial charge in [-0.2, -0.15) is 5.10 Å². The highest BCUT2D eigenvalue weighted by Crippen LogP contribution is 2.30. The van der Waals surface area contributed by atoms with E-state index in [4.69, 9.17) is 15.2 Å². The summed E-state index contributed by atoms with van der Waals surface area (Å²) in [7, 11) is 1.63. The van der Waals surface area contributed by atoms with Gasteiger partial charge in [-0.15, -0.1) is 0 Å². The van der Waals surface area contributed by atoms with E-state index in [-0.39, 0.29) is 0 Å². The van der Waals surface area contributed by atoms with Crippen LogP contribution in [0.4, 0.5) is 10.6 Å². The molecule has 1 amide bonds. The van der Waals surface area contributed by atoms with Crippen molar-refractivity contribution in [1.29, 1.82) is 0 Å². The molecule has 31 heavy (non-hydrogen) atoms. The van der Waals surface area contributed by atoms with Crippen LogP contribution in [0.3, 0.4) is 0 Å². The Morgan fingerprint density at radius 3 is 2.61 bits per heavy atom. The monoisotopic (exact) mass is 425 g/mol. The molecule has 166 valence electrons. The molecule has 3 rings (SSSR count). The van der Waals surface area contributed by atoms with E-state index in [1.54, 1.807) is 7.11 Å². The first-order valence-corrected chi connectivity index (χ1v) is 10.3. The van der Waals surface area contributed by atoms with Gasteiger partial charge in [0, 0.05) is 19.6 Å². The first-order chi connectivity index (χ1) is 14.8. The quantitative estimate of drug-likeness (QED) is 0.479. The summed E-state index contributed by atoms with van der Waals surface area (Å²) in [6.45, 7) is 7.96. The zero-order valence-electron chi connectivity index (χ0n) is 18.6. The molecule has 1 heterocycles. The normalized spacial score (nSPS) is 11.5. The Bertz CT molecular complexity index is 1040. The van der Waals surface area contributed by atoms with Crippen LogP contribution in [-0.2, 0) is 17.8 Å². The number of nitrogens with one attached hydrogen (secondary N) is 2. The van der Waals surface area contributed by atoms with Gasteiger partial charge in [0.1, 0.15) is 11.4 Å². The molecule has 0 fully saturated rings. The van der Waals surface area contributed by atoms with Gasteiger partial charge in [0.15, 0.2) is 5.82 Å². The number of nitrogens with two attached hydrogens (primary N) is 1. The molecular weight excluding hydrogens is 394 g/mol. The van der Waals surface area contributed by atoms with Gasteiger partial charge in [-0.1, -0.05) is 30.3 Å². The maximum absolute atomic E-state index is 11.7. The number of amides is 1. The topological polar surface area (TPSA) is 103 Å². The molecule has 0 spiro atoms. The maximum atomic E-state index is 11.7. The third kappa shape index (κ3) is 6.11. The minimum atomic E-state index is -0.492. The van der Waals surface area contributed by atoms with Crippen molar-refractivity contribution in [2.45, 2.75) is 39.5 Å². The molecule has 0 radical (unpaired) electrons. The van der Waals surface area contributed by atoms with Crippen LogP contribution in [0.25, 0.3) is 10.9 Å². The lowest BCUT2D eigenvalue weighted by Crippen LogP contribution is -2.36. The summed E-state index contributed by atoms with van der Waals surface area (Å²) < 4.78 is 12.5. The molecule has 0 aliphatic rings. The van der Waals surface area contributed by atoms with E-state index in [2.05, 4.69) is 33.9 Å². The van der Waals surface area contributed by atoms with Gasteiger partial charge in [-0.25, -0.2) is 4.79 Å². The summed E-state index contributed by atoms with van der Waals surface area (Å²) in [6, 6.07) is 14.1. The number of benzene rings is 2. The molecule has 0 aliphatic heterocycles. The van der Waals surface area contributed by atoms with Gasteiger partial charge in [0.05, 0.1) is 24.6 Å². The number of alkyl carbamates (subject to hydrolysis) is 1. The SMILES string of the molecule is COc1cccc2c1c(N)nn2Cc1cccc(CNCCNC(=O)OC(C)(C)C)c1. The van der Waals surface area contributed by atoms with Gasteiger partial charge in [0.25, 0.3) is 0 Å². The highest BCUT2D eigenvalue weighted by Gasteiger charge is 2.15. The summed E-state index contributed by atoms with van der Waals surface area (Å²) in [4.78, 5) is 11.7. The van der Waals surface area contributed by atoms with Crippen LogP contribution in [0.2, 0.25) is 0 Å².